The summed E-state index contributed by atoms with van der Waals surface area (Å²) in [5, 5.41) is 3.83. The van der Waals surface area contributed by atoms with E-state index in [9.17, 15) is 22.8 Å². The summed E-state index contributed by atoms with van der Waals surface area (Å²) in [5.41, 5.74) is -3.15. The number of amides is 1. The van der Waals surface area contributed by atoms with Gasteiger partial charge in [0, 0.05) is 11.8 Å². The molecule has 0 saturated carbocycles. The van der Waals surface area contributed by atoms with Gasteiger partial charge in [0.25, 0.3) is 5.91 Å². The molecule has 1 atom stereocenters. The molecule has 1 amide bonds. The van der Waals surface area contributed by atoms with Gasteiger partial charge >= 0.3 is 17.8 Å². The molecule has 10 heteroatoms. The highest BCUT2D eigenvalue weighted by atomic mass is 35.5. The maximum atomic E-state index is 13.9. The van der Waals surface area contributed by atoms with Crippen LogP contribution in [0.2, 0.25) is 5.02 Å². The number of hydrogen-bond donors (Lipinski definition) is 2. The molecule has 2 aromatic rings. The average Bonchev–Trinajstić information content (AvgIpc) is 2.61. The first-order valence-corrected chi connectivity index (χ1v) is 7.91. The number of aromatic nitrogens is 1. The molecule has 0 fully saturated rings. The zero-order valence-corrected chi connectivity index (χ0v) is 15.0. The molecular weight excluding hydrogens is 387 g/mol. The van der Waals surface area contributed by atoms with E-state index in [-0.39, 0.29) is 16.4 Å². The van der Waals surface area contributed by atoms with Gasteiger partial charge in [0.05, 0.1) is 12.1 Å². The van der Waals surface area contributed by atoms with Crippen molar-refractivity contribution in [2.24, 2.45) is 0 Å². The minimum absolute atomic E-state index is 0.0270. The van der Waals surface area contributed by atoms with E-state index in [2.05, 4.69) is 9.72 Å². The SMILES string of the molecule is COC(=O)C(NC(=O)c1ccccc1C)(Nc1ccc(Cl)cn1)C(F)(F)F. The summed E-state index contributed by atoms with van der Waals surface area (Å²) in [6, 6.07) is 8.41. The van der Waals surface area contributed by atoms with E-state index in [1.54, 1.807) is 24.4 Å². The first-order valence-electron chi connectivity index (χ1n) is 7.54. The Morgan fingerprint density at radius 1 is 1.15 bits per heavy atom. The number of nitrogens with zero attached hydrogens (tertiary/aromatic N) is 1. The topological polar surface area (TPSA) is 80.3 Å². The lowest BCUT2D eigenvalue weighted by atomic mass is 10.1. The number of carbonyl (C=O) groups excluding carboxylic acids is 2. The van der Waals surface area contributed by atoms with Crippen molar-refractivity contribution in [2.75, 3.05) is 12.4 Å². The normalized spacial score (nSPS) is 13.4. The van der Waals surface area contributed by atoms with Gasteiger partial charge in [-0.3, -0.25) is 4.79 Å². The third kappa shape index (κ3) is 4.30. The first kappa shape index (κ1) is 20.5. The summed E-state index contributed by atoms with van der Waals surface area (Å²) in [5.74, 6) is -3.21. The molecular formula is C17H15ClF3N3O3. The fourth-order valence-corrected chi connectivity index (χ4v) is 2.36. The monoisotopic (exact) mass is 401 g/mol. The van der Waals surface area contributed by atoms with Gasteiger partial charge in [-0.2, -0.15) is 13.2 Å². The quantitative estimate of drug-likeness (QED) is 0.593. The number of methoxy groups -OCH3 is 1. The highest BCUT2D eigenvalue weighted by molar-refractivity contribution is 6.30. The molecule has 0 saturated heterocycles. The number of esters is 1. The molecule has 0 radical (unpaired) electrons. The number of halogens is 4. The van der Waals surface area contributed by atoms with E-state index in [1.807, 2.05) is 5.32 Å². The van der Waals surface area contributed by atoms with Gasteiger partial charge in [0.15, 0.2) is 0 Å². The smallest absolute Gasteiger partial charge is 0.441 e. The van der Waals surface area contributed by atoms with Crippen LogP contribution in [-0.4, -0.2) is 35.8 Å². The van der Waals surface area contributed by atoms with Gasteiger partial charge < -0.3 is 15.4 Å². The van der Waals surface area contributed by atoms with E-state index < -0.39 is 23.7 Å². The van der Waals surface area contributed by atoms with Crippen LogP contribution < -0.4 is 10.6 Å². The lowest BCUT2D eigenvalue weighted by Gasteiger charge is -2.34. The predicted octanol–water partition coefficient (Wildman–Crippen LogP) is 3.32. The standard InChI is InChI=1S/C17H15ClF3N3O3/c1-10-5-3-4-6-12(10)14(25)24-16(15(26)27-2,17(19,20)21)23-13-8-7-11(18)9-22-13/h3-9H,1-2H3,(H,22,23)(H,24,25). The van der Waals surface area contributed by atoms with Crippen molar-refractivity contribution in [2.45, 2.75) is 18.8 Å². The Kier molecular flexibility index (Phi) is 5.94. The van der Waals surface area contributed by atoms with Crippen LogP contribution in [0.15, 0.2) is 42.6 Å². The second kappa shape index (κ2) is 7.83. The summed E-state index contributed by atoms with van der Waals surface area (Å²) in [6.07, 6.45) is -4.16. The molecule has 0 aliphatic rings. The van der Waals surface area contributed by atoms with Gasteiger partial charge in [-0.05, 0) is 30.7 Å². The van der Waals surface area contributed by atoms with Crippen LogP contribution in [0.1, 0.15) is 15.9 Å². The Balaban J connectivity index is 2.50. The number of carbonyl (C=O) groups is 2. The molecule has 1 aromatic carbocycles. The zero-order valence-electron chi connectivity index (χ0n) is 14.2. The van der Waals surface area contributed by atoms with Crippen molar-refractivity contribution in [3.05, 3.63) is 58.7 Å². The third-order valence-corrected chi connectivity index (χ3v) is 3.87. The molecule has 2 rings (SSSR count). The Morgan fingerprint density at radius 3 is 2.33 bits per heavy atom. The minimum Gasteiger partial charge on any atom is -0.466 e. The molecule has 27 heavy (non-hydrogen) atoms. The number of alkyl halides is 3. The van der Waals surface area contributed by atoms with Crippen molar-refractivity contribution in [3.8, 4) is 0 Å². The van der Waals surface area contributed by atoms with Crippen molar-refractivity contribution >= 4 is 29.3 Å². The number of anilines is 1. The maximum absolute atomic E-state index is 13.9. The molecule has 2 N–H and O–H groups in total. The number of ether oxygens (including phenoxy) is 1. The molecule has 0 spiro atoms. The van der Waals surface area contributed by atoms with Crippen molar-refractivity contribution in [3.63, 3.8) is 0 Å². The lowest BCUT2D eigenvalue weighted by molar-refractivity contribution is -0.203. The van der Waals surface area contributed by atoms with Crippen LogP contribution in [-0.2, 0) is 9.53 Å². The van der Waals surface area contributed by atoms with E-state index in [1.165, 1.54) is 18.2 Å². The van der Waals surface area contributed by atoms with Crippen molar-refractivity contribution in [1.82, 2.24) is 10.3 Å². The Hall–Kier alpha value is -2.81. The molecule has 1 unspecified atom stereocenters. The number of hydrogen-bond acceptors (Lipinski definition) is 5. The number of nitrogens with one attached hydrogen (secondary N) is 2. The first-order chi connectivity index (χ1) is 12.6. The molecule has 0 bridgehead atoms. The van der Waals surface area contributed by atoms with Gasteiger partial charge in [-0.1, -0.05) is 29.8 Å². The number of rotatable bonds is 5. The van der Waals surface area contributed by atoms with E-state index >= 15 is 0 Å². The Morgan fingerprint density at radius 2 is 1.81 bits per heavy atom. The van der Waals surface area contributed by atoms with Gasteiger partial charge in [-0.25, -0.2) is 9.78 Å². The molecule has 0 aliphatic heterocycles. The zero-order chi connectivity index (χ0) is 20.2. The van der Waals surface area contributed by atoms with Crippen LogP contribution in [0, 0.1) is 6.92 Å². The van der Waals surface area contributed by atoms with E-state index in [0.717, 1.165) is 19.4 Å². The Bertz CT molecular complexity index is 843. The second-order valence-corrected chi connectivity index (χ2v) is 5.93. The summed E-state index contributed by atoms with van der Waals surface area (Å²) in [7, 11) is 0.777. The summed E-state index contributed by atoms with van der Waals surface area (Å²) in [6.45, 7) is 1.55. The average molecular weight is 402 g/mol. The van der Waals surface area contributed by atoms with Crippen molar-refractivity contribution < 1.29 is 27.5 Å². The predicted molar refractivity (Wildman–Crippen MR) is 92.3 cm³/mol. The highest BCUT2D eigenvalue weighted by Crippen LogP contribution is 2.33. The van der Waals surface area contributed by atoms with E-state index in [4.69, 9.17) is 11.6 Å². The maximum Gasteiger partial charge on any atom is 0.441 e. The van der Waals surface area contributed by atoms with Crippen LogP contribution >= 0.6 is 11.6 Å². The third-order valence-electron chi connectivity index (χ3n) is 3.65. The largest absolute Gasteiger partial charge is 0.466 e. The minimum atomic E-state index is -5.25. The highest BCUT2D eigenvalue weighted by Gasteiger charge is 2.63. The van der Waals surface area contributed by atoms with Crippen molar-refractivity contribution in [1.29, 1.82) is 0 Å². The van der Waals surface area contributed by atoms with Crippen LogP contribution in [0.5, 0.6) is 0 Å². The molecule has 0 aliphatic carbocycles. The lowest BCUT2D eigenvalue weighted by Crippen LogP contribution is -2.69. The summed E-state index contributed by atoms with van der Waals surface area (Å²) >= 11 is 5.67. The van der Waals surface area contributed by atoms with Crippen LogP contribution in [0.4, 0.5) is 19.0 Å². The molecule has 1 aromatic heterocycles. The van der Waals surface area contributed by atoms with Gasteiger partial charge in [-0.15, -0.1) is 0 Å². The fourth-order valence-electron chi connectivity index (χ4n) is 2.25. The van der Waals surface area contributed by atoms with Crippen LogP contribution in [0.3, 0.4) is 0 Å². The second-order valence-electron chi connectivity index (χ2n) is 5.50. The molecule has 6 nitrogen and oxygen atoms in total. The molecule has 1 heterocycles. The fraction of sp³-hybridized carbons (Fsp3) is 0.235. The number of pyridine rings is 1. The van der Waals surface area contributed by atoms with E-state index in [0.29, 0.717) is 5.56 Å². The molecule has 144 valence electrons. The Labute approximate surface area is 157 Å². The summed E-state index contributed by atoms with van der Waals surface area (Å²) < 4.78 is 46.1. The van der Waals surface area contributed by atoms with Gasteiger partial charge in [0.1, 0.15) is 5.82 Å². The van der Waals surface area contributed by atoms with Gasteiger partial charge in [0.2, 0.25) is 0 Å². The summed E-state index contributed by atoms with van der Waals surface area (Å²) in [4.78, 5) is 28.3. The van der Waals surface area contributed by atoms with Crippen LogP contribution in [0.25, 0.3) is 0 Å². The number of benzene rings is 1. The number of aryl methyl sites for hydroxylation is 1.